The topological polar surface area (TPSA) is 35.9 Å². The van der Waals surface area contributed by atoms with Gasteiger partial charge in [0, 0.05) is 43.6 Å². The van der Waals surface area contributed by atoms with E-state index < -0.39 is 91.7 Å². The molecule has 396 valence electrons. The summed E-state index contributed by atoms with van der Waals surface area (Å²) in [5.74, 6) is 1.67. The number of nitrogens with zero attached hydrogens (tertiary/aromatic N) is 4. The van der Waals surface area contributed by atoms with Gasteiger partial charge in [-0.3, -0.25) is 13.7 Å². The lowest BCUT2D eigenvalue weighted by Gasteiger charge is -2.23. The molecular weight excluding hydrogens is 961 g/mol. The van der Waals surface area contributed by atoms with Gasteiger partial charge in [-0.2, -0.15) is 0 Å². The van der Waals surface area contributed by atoms with E-state index in [4.69, 9.17) is 30.3 Å². The third-order valence-electron chi connectivity index (χ3n) is 15.4. The van der Waals surface area contributed by atoms with Crippen molar-refractivity contribution in [2.24, 2.45) is 0 Å². The molecule has 3 heterocycles. The zero-order valence-corrected chi connectivity index (χ0v) is 46.0. The minimum atomic E-state index is -3.78. The maximum absolute atomic E-state index is 10.4. The molecule has 0 bridgehead atoms. The van der Waals surface area contributed by atoms with Crippen molar-refractivity contribution in [3.05, 3.63) is 222 Å². The number of para-hydroxylation sites is 1. The molecule has 5 heteroatoms. The Bertz CT molecular complexity index is 4940. The summed E-state index contributed by atoms with van der Waals surface area (Å²) in [6.45, 7) is 0.860. The first-order valence-corrected chi connectivity index (χ1v) is 26.7. The third-order valence-corrected chi connectivity index (χ3v) is 15.4. The van der Waals surface area contributed by atoms with Crippen molar-refractivity contribution in [3.63, 3.8) is 0 Å². The molecule has 8 aromatic carbocycles. The van der Waals surface area contributed by atoms with Gasteiger partial charge in [0.1, 0.15) is 17.3 Å². The van der Waals surface area contributed by atoms with E-state index in [0.717, 1.165) is 55.4 Å². The Morgan fingerprint density at radius 1 is 0.557 bits per heavy atom. The number of hydrogen-bond acceptors (Lipinski definition) is 2. The van der Waals surface area contributed by atoms with Gasteiger partial charge in [0.25, 0.3) is 6.33 Å². The Hall–Kier alpha value is -8.02. The van der Waals surface area contributed by atoms with Gasteiger partial charge in [-0.25, -0.2) is 4.98 Å². The fourth-order valence-electron chi connectivity index (χ4n) is 11.1. The van der Waals surface area contributed by atoms with E-state index in [1.54, 1.807) is 21.3 Å². The van der Waals surface area contributed by atoms with Crippen LogP contribution in [0.1, 0.15) is 154 Å². The number of ether oxygens (including phenoxy) is 1. The molecule has 1 aliphatic rings. The third kappa shape index (κ3) is 9.35. The molecule has 0 radical (unpaired) electrons. The van der Waals surface area contributed by atoms with Gasteiger partial charge >= 0.3 is 0 Å². The molecule has 0 saturated carbocycles. The van der Waals surface area contributed by atoms with Crippen molar-refractivity contribution in [3.8, 4) is 62.1 Å². The number of rotatable bonds is 8. The second kappa shape index (κ2) is 18.5. The molecule has 3 aromatic heterocycles. The predicted molar refractivity (Wildman–Crippen MR) is 330 cm³/mol. The normalized spacial score (nSPS) is 18.5. The largest absolute Gasteiger partial charge is 0.458 e. The molecule has 0 amide bonds. The zero-order chi connectivity index (χ0) is 70.7. The van der Waals surface area contributed by atoms with Crippen LogP contribution in [0.15, 0.2) is 182 Å². The van der Waals surface area contributed by atoms with E-state index >= 15 is 0 Å². The molecule has 0 spiro atoms. The molecule has 1 aliphatic carbocycles. The summed E-state index contributed by atoms with van der Waals surface area (Å²) >= 11 is 0. The number of fused-ring (bicyclic) bond motifs is 5. The number of pyridine rings is 1. The lowest BCUT2D eigenvalue weighted by Crippen LogP contribution is -2.31. The van der Waals surface area contributed by atoms with E-state index in [9.17, 15) is 4.11 Å². The van der Waals surface area contributed by atoms with Gasteiger partial charge in [-0.1, -0.05) is 210 Å². The van der Waals surface area contributed by atoms with Crippen molar-refractivity contribution in [1.82, 2.24) is 14.1 Å². The van der Waals surface area contributed by atoms with Crippen molar-refractivity contribution in [1.29, 1.82) is 0 Å². The molecular formula is C74H74N4O. The number of imidazole rings is 1. The summed E-state index contributed by atoms with van der Waals surface area (Å²) in [5.41, 5.74) is -2.49. The monoisotopic (exact) mass is 1050 g/mol. The molecule has 5 nitrogen and oxygen atoms in total. The molecule has 0 unspecified atom stereocenters. The highest BCUT2D eigenvalue weighted by atomic mass is 16.5. The fourth-order valence-corrected chi connectivity index (χ4v) is 11.1. The molecule has 12 rings (SSSR count). The van der Waals surface area contributed by atoms with Crippen LogP contribution in [0.25, 0.3) is 83.4 Å². The van der Waals surface area contributed by atoms with Crippen LogP contribution in [0.4, 0.5) is 0 Å². The van der Waals surface area contributed by atoms with Crippen LogP contribution >= 0.6 is 0 Å². The lowest BCUT2D eigenvalue weighted by atomic mass is 9.82. The first-order chi connectivity index (χ1) is 44.9. The average Bonchev–Trinajstić information content (AvgIpc) is 1.50. The van der Waals surface area contributed by atoms with Crippen LogP contribution in [0.2, 0.25) is 0 Å². The standard InChI is InChI=1S/C74H74N4O/c1-47-37-60(50-19-17-20-53(39-50)71(5,6)7)69(61(38-47)51-27-33-62-63(40-51)74(13,14)45-73(62,11)12)77-46-76(67-41-49(28-34-65(67)77)48-25-29-52(30-26-48)70(2,3)4)55-21-18-22-56(43-55)79-57-31-32-59-58-23-15-16-24-64(58)78(66(59)44-57)68-42-54(35-36-75-68)72(8,9)10/h15-44H,45H2,1-14H3/i1D3,11D3,12D3,13D3,14D3,27D,33D,40D. The highest BCUT2D eigenvalue weighted by Crippen LogP contribution is 2.51. The molecule has 79 heavy (non-hydrogen) atoms. The Labute approximate surface area is 493 Å². The lowest BCUT2D eigenvalue weighted by molar-refractivity contribution is -0.571. The molecule has 0 N–H and O–H groups in total. The van der Waals surface area contributed by atoms with Gasteiger partial charge in [0.05, 0.1) is 37.6 Å². The summed E-state index contributed by atoms with van der Waals surface area (Å²) in [4.78, 5) is 4.87. The Morgan fingerprint density at radius 2 is 1.24 bits per heavy atom. The average molecular weight is 1050 g/mol. The quantitative estimate of drug-likeness (QED) is 0.112. The van der Waals surface area contributed by atoms with Crippen molar-refractivity contribution >= 4 is 32.8 Å². The number of aryl methyl sites for hydroxylation is 1. The predicted octanol–water partition coefficient (Wildman–Crippen LogP) is 19.2. The summed E-state index contributed by atoms with van der Waals surface area (Å²) in [6, 6.07) is 46.2. The Balaban J connectivity index is 1.17. The second-order valence-electron chi connectivity index (χ2n) is 24.3. The van der Waals surface area contributed by atoms with Gasteiger partial charge in [0.2, 0.25) is 0 Å². The SMILES string of the molecule is [2H]c1c([2H])c2c(c([2H])c1-c1cc(C([2H])([2H])[2H])cc(-c3cccc(C(C)(C)C)c3)c1-[n+]1[c-]n(-c3cccc(Oc4ccc5c6ccccc6n(-c6cc(C(C)(C)C)ccn6)c5c4)c3)c3cc(-c4ccc(C(C)(C)C)cc4)ccc31)C(C([2H])([2H])[2H])(C([2H])([2H])[2H])CC2(C([2H])([2H])[2H])C([2H])([2H])[2H]. The molecule has 0 saturated heterocycles. The van der Waals surface area contributed by atoms with Crippen LogP contribution in [0.5, 0.6) is 11.5 Å². The fraction of sp³-hybridized carbons (Fsp3) is 0.270. The Kier molecular flexibility index (Phi) is 8.17. The summed E-state index contributed by atoms with van der Waals surface area (Å²) in [7, 11) is 0. The van der Waals surface area contributed by atoms with E-state index in [-0.39, 0.29) is 33.2 Å². The Morgan fingerprint density at radius 3 is 1.99 bits per heavy atom. The molecule has 0 aliphatic heterocycles. The molecule has 11 aromatic rings. The number of benzene rings is 8. The van der Waals surface area contributed by atoms with Crippen LogP contribution in [0.3, 0.4) is 0 Å². The molecule has 0 fully saturated rings. The van der Waals surface area contributed by atoms with Gasteiger partial charge in [-0.15, -0.1) is 0 Å². The maximum atomic E-state index is 10.4. The summed E-state index contributed by atoms with van der Waals surface area (Å²) in [6.07, 6.45) is 3.79. The van der Waals surface area contributed by atoms with Crippen LogP contribution in [-0.4, -0.2) is 14.1 Å². The van der Waals surface area contributed by atoms with Crippen molar-refractivity contribution < 1.29 is 34.0 Å². The zero-order valence-electron chi connectivity index (χ0n) is 64.0. The summed E-state index contributed by atoms with van der Waals surface area (Å²) in [5, 5.41) is 2.01. The minimum Gasteiger partial charge on any atom is -0.458 e. The van der Waals surface area contributed by atoms with Crippen molar-refractivity contribution in [2.75, 3.05) is 0 Å². The molecule has 0 atom stereocenters. The first-order valence-electron chi connectivity index (χ1n) is 35.7. The number of aromatic nitrogens is 4. The first kappa shape index (κ1) is 34.8. The van der Waals surface area contributed by atoms with E-state index in [2.05, 4.69) is 82.8 Å². The van der Waals surface area contributed by atoms with Crippen LogP contribution in [0, 0.1) is 13.2 Å². The highest BCUT2D eigenvalue weighted by molar-refractivity contribution is 6.09. The minimum absolute atomic E-state index is 0.0364. The van der Waals surface area contributed by atoms with Gasteiger partial charge in [0.15, 0.2) is 0 Å². The highest BCUT2D eigenvalue weighted by Gasteiger charge is 2.42. The van der Waals surface area contributed by atoms with E-state index in [1.807, 2.05) is 130 Å². The van der Waals surface area contributed by atoms with E-state index in [0.29, 0.717) is 33.8 Å². The van der Waals surface area contributed by atoms with Crippen LogP contribution in [-0.2, 0) is 27.1 Å². The van der Waals surface area contributed by atoms with E-state index in [1.165, 1.54) is 12.1 Å². The van der Waals surface area contributed by atoms with Crippen molar-refractivity contribution in [2.45, 2.75) is 130 Å². The van der Waals surface area contributed by atoms with Crippen LogP contribution < -0.4 is 9.30 Å². The van der Waals surface area contributed by atoms with Gasteiger partial charge < -0.3 is 4.74 Å². The summed E-state index contributed by atoms with van der Waals surface area (Å²) < 4.78 is 177. The smallest absolute Gasteiger partial charge is 0.269 e. The second-order valence-corrected chi connectivity index (χ2v) is 24.3. The maximum Gasteiger partial charge on any atom is 0.269 e. The van der Waals surface area contributed by atoms with Gasteiger partial charge in [-0.05, 0) is 156 Å². The number of hydrogen-bond donors (Lipinski definition) is 0.